The van der Waals surface area contributed by atoms with Crippen molar-refractivity contribution in [3.63, 3.8) is 0 Å². The third kappa shape index (κ3) is 6.76. The van der Waals surface area contributed by atoms with Gasteiger partial charge < -0.3 is 35.7 Å². The molecule has 0 spiro atoms. The highest BCUT2D eigenvalue weighted by molar-refractivity contribution is 6.00. The average molecular weight is 590 g/mol. The maximum Gasteiger partial charge on any atom is 0.255 e. The first-order valence-electron chi connectivity index (χ1n) is 14.3. The molecule has 3 aliphatic heterocycles. The molecular formula is C30H35N7O6. The van der Waals surface area contributed by atoms with E-state index in [0.717, 1.165) is 30.8 Å². The van der Waals surface area contributed by atoms with Gasteiger partial charge in [-0.25, -0.2) is 0 Å². The summed E-state index contributed by atoms with van der Waals surface area (Å²) in [4.78, 5) is 52.9. The minimum atomic E-state index is -1.02. The van der Waals surface area contributed by atoms with Crippen LogP contribution in [0.25, 0.3) is 0 Å². The van der Waals surface area contributed by atoms with Gasteiger partial charge in [0.15, 0.2) is 5.82 Å². The number of aromatic hydroxyl groups is 1. The lowest BCUT2D eigenvalue weighted by molar-refractivity contribution is -0.132. The number of carbonyl (C=O) groups excluding carboxylic acids is 4. The van der Waals surface area contributed by atoms with Crippen molar-refractivity contribution in [1.82, 2.24) is 36.0 Å². The Balaban J connectivity index is 1.41. The molecule has 3 aliphatic rings. The summed E-state index contributed by atoms with van der Waals surface area (Å²) < 4.78 is 7.89. The normalized spacial score (nSPS) is 20.7. The van der Waals surface area contributed by atoms with E-state index in [-0.39, 0.29) is 30.2 Å². The Morgan fingerprint density at radius 3 is 2.53 bits per heavy atom. The Hall–Kier alpha value is -4.94. The first-order valence-corrected chi connectivity index (χ1v) is 14.3. The van der Waals surface area contributed by atoms with Crippen LogP contribution in [0.3, 0.4) is 0 Å². The molecule has 0 saturated heterocycles. The topological polar surface area (TPSA) is 177 Å². The van der Waals surface area contributed by atoms with Crippen molar-refractivity contribution < 1.29 is 29.0 Å². The Bertz CT molecular complexity index is 1530. The molecule has 43 heavy (non-hydrogen) atoms. The van der Waals surface area contributed by atoms with Crippen molar-refractivity contribution in [2.24, 2.45) is 5.92 Å². The first-order chi connectivity index (χ1) is 20.6. The first kappa shape index (κ1) is 29.5. The molecule has 13 nitrogen and oxygen atoms in total. The van der Waals surface area contributed by atoms with Gasteiger partial charge in [-0.3, -0.25) is 19.2 Å². The summed E-state index contributed by atoms with van der Waals surface area (Å²) in [5.41, 5.74) is 0.684. The minimum absolute atomic E-state index is 0.0654. The number of nitrogens with one attached hydrogen (secondary N) is 4. The number of phenolic OH excluding ortho intramolecular Hbond substituents is 1. The largest absolute Gasteiger partial charge is 0.507 e. The lowest BCUT2D eigenvalue weighted by atomic mass is 10.0. The second-order valence-electron chi connectivity index (χ2n) is 11.1. The summed E-state index contributed by atoms with van der Waals surface area (Å²) in [6.07, 6.45) is 1.99. The molecular weight excluding hydrogens is 554 g/mol. The third-order valence-electron chi connectivity index (χ3n) is 7.54. The van der Waals surface area contributed by atoms with E-state index in [1.807, 2.05) is 4.57 Å². The number of ether oxygens (including phenoxy) is 1. The van der Waals surface area contributed by atoms with Crippen LogP contribution in [0.15, 0.2) is 42.5 Å². The van der Waals surface area contributed by atoms with Crippen LogP contribution < -0.4 is 26.0 Å². The van der Waals surface area contributed by atoms with E-state index in [4.69, 9.17) is 4.74 Å². The Morgan fingerprint density at radius 1 is 1.05 bits per heavy atom. The number of rotatable bonds is 4. The molecule has 0 saturated carbocycles. The SMILES string of the molecule is CC(C)[C@@H]1NC(=O)c2cc(ccc2O)Oc2ccc(cc2)C[C@@H](C(=O)NCc2nnc3n2CCC3)NC(=O)[C@H](C)NC1=O. The molecule has 6 rings (SSSR count). The van der Waals surface area contributed by atoms with Gasteiger partial charge in [-0.05, 0) is 55.2 Å². The molecule has 3 aromatic rings. The molecule has 4 bridgehead atoms. The van der Waals surface area contributed by atoms with E-state index < -0.39 is 41.8 Å². The molecule has 4 heterocycles. The third-order valence-corrected chi connectivity index (χ3v) is 7.54. The zero-order chi connectivity index (χ0) is 30.7. The number of aryl methyl sites for hydroxylation is 1. The quantitative estimate of drug-likeness (QED) is 0.283. The molecule has 5 N–H and O–H groups in total. The molecule has 2 aromatic carbocycles. The minimum Gasteiger partial charge on any atom is -0.507 e. The van der Waals surface area contributed by atoms with Crippen molar-refractivity contribution in [3.8, 4) is 17.2 Å². The number of hydrogen-bond acceptors (Lipinski definition) is 8. The van der Waals surface area contributed by atoms with Crippen molar-refractivity contribution in [2.45, 2.75) is 71.2 Å². The van der Waals surface area contributed by atoms with E-state index >= 15 is 0 Å². The monoisotopic (exact) mass is 589 g/mol. The number of fused-ring (bicyclic) bond motifs is 12. The average Bonchev–Trinajstić information content (AvgIpc) is 3.60. The maximum absolute atomic E-state index is 13.4. The molecule has 3 atom stereocenters. The predicted octanol–water partition coefficient (Wildman–Crippen LogP) is 1.34. The van der Waals surface area contributed by atoms with E-state index in [9.17, 15) is 24.3 Å². The number of nitrogens with zero attached hydrogens (tertiary/aromatic N) is 3. The van der Waals surface area contributed by atoms with E-state index in [2.05, 4.69) is 31.5 Å². The highest BCUT2D eigenvalue weighted by Gasteiger charge is 2.30. The number of amides is 4. The Morgan fingerprint density at radius 2 is 1.79 bits per heavy atom. The van der Waals surface area contributed by atoms with Gasteiger partial charge in [0.25, 0.3) is 5.91 Å². The summed E-state index contributed by atoms with van der Waals surface area (Å²) in [6.45, 7) is 5.94. The van der Waals surface area contributed by atoms with Crippen LogP contribution in [0, 0.1) is 5.92 Å². The highest BCUT2D eigenvalue weighted by atomic mass is 16.5. The van der Waals surface area contributed by atoms with Gasteiger partial charge in [-0.1, -0.05) is 26.0 Å². The van der Waals surface area contributed by atoms with Crippen LogP contribution in [0.2, 0.25) is 0 Å². The summed E-state index contributed by atoms with van der Waals surface area (Å²) in [6, 6.07) is 8.20. The maximum atomic E-state index is 13.4. The summed E-state index contributed by atoms with van der Waals surface area (Å²) >= 11 is 0. The second-order valence-corrected chi connectivity index (χ2v) is 11.1. The molecule has 0 aliphatic carbocycles. The van der Waals surface area contributed by atoms with Crippen LogP contribution in [-0.4, -0.2) is 61.6 Å². The number of aromatic nitrogens is 3. The second kappa shape index (κ2) is 12.5. The van der Waals surface area contributed by atoms with E-state index in [1.54, 1.807) is 38.1 Å². The fourth-order valence-electron chi connectivity index (χ4n) is 5.09. The fraction of sp³-hybridized carbons (Fsp3) is 0.400. The van der Waals surface area contributed by atoms with Gasteiger partial charge in [0, 0.05) is 19.4 Å². The van der Waals surface area contributed by atoms with Crippen molar-refractivity contribution in [3.05, 3.63) is 65.2 Å². The van der Waals surface area contributed by atoms with Crippen LogP contribution in [-0.2, 0) is 40.3 Å². The summed E-state index contributed by atoms with van der Waals surface area (Å²) in [5, 5.41) is 29.6. The van der Waals surface area contributed by atoms with Gasteiger partial charge in [-0.2, -0.15) is 0 Å². The van der Waals surface area contributed by atoms with Crippen LogP contribution in [0.1, 0.15) is 54.8 Å². The number of hydrogen-bond donors (Lipinski definition) is 5. The lowest BCUT2D eigenvalue weighted by Gasteiger charge is -2.25. The molecule has 0 unspecified atom stereocenters. The Labute approximate surface area is 248 Å². The molecule has 1 aromatic heterocycles. The van der Waals surface area contributed by atoms with E-state index in [0.29, 0.717) is 17.3 Å². The fourth-order valence-corrected chi connectivity index (χ4v) is 5.09. The molecule has 0 fully saturated rings. The number of benzene rings is 2. The van der Waals surface area contributed by atoms with Crippen molar-refractivity contribution in [2.75, 3.05) is 0 Å². The summed E-state index contributed by atoms with van der Waals surface area (Å²) in [5.74, 6) is -0.576. The molecule has 226 valence electrons. The van der Waals surface area contributed by atoms with Gasteiger partial charge in [0.2, 0.25) is 17.7 Å². The van der Waals surface area contributed by atoms with Gasteiger partial charge in [0.05, 0.1) is 12.1 Å². The Kier molecular flexibility index (Phi) is 8.60. The molecule has 13 heteroatoms. The number of carbonyl (C=O) groups is 4. The van der Waals surface area contributed by atoms with Gasteiger partial charge in [0.1, 0.15) is 41.2 Å². The van der Waals surface area contributed by atoms with Crippen LogP contribution in [0.5, 0.6) is 17.2 Å². The smallest absolute Gasteiger partial charge is 0.255 e. The molecule has 0 radical (unpaired) electrons. The molecule has 4 amide bonds. The van der Waals surface area contributed by atoms with Crippen LogP contribution >= 0.6 is 0 Å². The zero-order valence-corrected chi connectivity index (χ0v) is 24.2. The summed E-state index contributed by atoms with van der Waals surface area (Å²) in [7, 11) is 0. The highest BCUT2D eigenvalue weighted by Crippen LogP contribution is 2.28. The van der Waals surface area contributed by atoms with E-state index in [1.165, 1.54) is 25.1 Å². The van der Waals surface area contributed by atoms with Crippen molar-refractivity contribution in [1.29, 1.82) is 0 Å². The zero-order valence-electron chi connectivity index (χ0n) is 24.2. The van der Waals surface area contributed by atoms with Gasteiger partial charge in [-0.15, -0.1) is 10.2 Å². The van der Waals surface area contributed by atoms with Crippen molar-refractivity contribution >= 4 is 23.6 Å². The predicted molar refractivity (Wildman–Crippen MR) is 154 cm³/mol. The lowest BCUT2D eigenvalue weighted by Crippen LogP contribution is -2.57. The standard InChI is InChI=1S/C30H35N7O6/c1-16(2)26-30(42)32-17(3)27(39)33-22(29(41)31-15-25-36-35-24-5-4-12-37(24)25)13-18-6-8-19(9-7-18)43-20-10-11-23(38)21(14-20)28(40)34-26/h6-11,14,16-17,22,26,38H,4-5,12-13,15H2,1-3H3,(H,31,41)(H,32,42)(H,33,39)(H,34,40)/t17-,22-,26-/m0/s1. The number of phenols is 1. The van der Waals surface area contributed by atoms with Gasteiger partial charge >= 0.3 is 0 Å². The van der Waals surface area contributed by atoms with Crippen LogP contribution in [0.4, 0.5) is 0 Å².